The van der Waals surface area contributed by atoms with Crippen LogP contribution in [0.5, 0.6) is 5.75 Å². The van der Waals surface area contributed by atoms with Crippen LogP contribution in [0.2, 0.25) is 0 Å². The fourth-order valence-electron chi connectivity index (χ4n) is 2.26. The monoisotopic (exact) mass is 288 g/mol. The van der Waals surface area contributed by atoms with Crippen molar-refractivity contribution in [3.63, 3.8) is 0 Å². The van der Waals surface area contributed by atoms with E-state index in [1.807, 2.05) is 30.3 Å². The van der Waals surface area contributed by atoms with E-state index in [0.29, 0.717) is 0 Å². The number of benzene rings is 3. The van der Waals surface area contributed by atoms with Gasteiger partial charge in [-0.3, -0.25) is 0 Å². The summed E-state index contributed by atoms with van der Waals surface area (Å²) in [6, 6.07) is 22.4. The second-order valence-electron chi connectivity index (χ2n) is 4.72. The van der Waals surface area contributed by atoms with Crippen LogP contribution in [0.15, 0.2) is 79.9 Å². The van der Waals surface area contributed by atoms with Crippen LogP contribution in [0.1, 0.15) is 11.1 Å². The molecule has 22 heavy (non-hydrogen) atoms. The highest BCUT2D eigenvalue weighted by Gasteiger charge is 1.94. The summed E-state index contributed by atoms with van der Waals surface area (Å²) in [5, 5.41) is 2.55. The van der Waals surface area contributed by atoms with Crippen LogP contribution in [0, 0.1) is 0 Å². The molecule has 0 aliphatic carbocycles. The fourth-order valence-corrected chi connectivity index (χ4v) is 2.26. The number of fused-ring (bicyclic) bond motifs is 1. The molecule has 3 aromatic carbocycles. The standard InChI is InChI=1S/C12H10.C9H10O/c1-2-10-7-5-8-11-6-3-4-9-12(10)11;1-3-8-6-4-5-7-9(8)10-2/h2-9H,1H2;3-7H,1H2,2H3. The highest BCUT2D eigenvalue weighted by atomic mass is 16.5. The Morgan fingerprint density at radius 3 is 2.00 bits per heavy atom. The molecule has 3 aromatic rings. The molecule has 0 unspecified atom stereocenters. The molecule has 3 rings (SSSR count). The summed E-state index contributed by atoms with van der Waals surface area (Å²) >= 11 is 0. The summed E-state index contributed by atoms with van der Waals surface area (Å²) < 4.78 is 5.06. The summed E-state index contributed by atoms with van der Waals surface area (Å²) in [5.74, 6) is 0.873. The SMILES string of the molecule is C=Cc1cccc2ccccc12.C=Cc1ccccc1OC. The first-order chi connectivity index (χ1) is 10.8. The molecule has 0 bridgehead atoms. The highest BCUT2D eigenvalue weighted by Crippen LogP contribution is 2.19. The Bertz CT molecular complexity index is 766. The Labute approximate surface area is 132 Å². The molecule has 0 spiro atoms. The van der Waals surface area contributed by atoms with Crippen LogP contribution >= 0.6 is 0 Å². The normalized spacial score (nSPS) is 9.50. The molecule has 1 heteroatoms. The van der Waals surface area contributed by atoms with Crippen LogP contribution in [-0.2, 0) is 0 Å². The van der Waals surface area contributed by atoms with Crippen molar-refractivity contribution in [2.24, 2.45) is 0 Å². The zero-order valence-corrected chi connectivity index (χ0v) is 12.8. The molecular formula is C21H20O. The van der Waals surface area contributed by atoms with Crippen molar-refractivity contribution in [1.29, 1.82) is 0 Å². The van der Waals surface area contributed by atoms with E-state index < -0.39 is 0 Å². The van der Waals surface area contributed by atoms with Crippen molar-refractivity contribution in [2.75, 3.05) is 7.11 Å². The number of para-hydroxylation sites is 1. The first kappa shape index (κ1) is 15.6. The molecule has 0 aliphatic rings. The van der Waals surface area contributed by atoms with Crippen LogP contribution < -0.4 is 4.74 Å². The van der Waals surface area contributed by atoms with Gasteiger partial charge in [0.25, 0.3) is 0 Å². The Kier molecular flexibility index (Phi) is 5.56. The molecule has 0 amide bonds. The van der Waals surface area contributed by atoms with E-state index in [1.165, 1.54) is 16.3 Å². The van der Waals surface area contributed by atoms with Crippen molar-refractivity contribution in [3.8, 4) is 5.75 Å². The average Bonchev–Trinajstić information content (AvgIpc) is 2.61. The van der Waals surface area contributed by atoms with Crippen LogP contribution in [0.25, 0.3) is 22.9 Å². The predicted octanol–water partition coefficient (Wildman–Crippen LogP) is 5.82. The minimum absolute atomic E-state index is 0.873. The number of ether oxygens (including phenoxy) is 1. The molecular weight excluding hydrogens is 268 g/mol. The second kappa shape index (κ2) is 7.84. The minimum Gasteiger partial charge on any atom is -0.496 e. The van der Waals surface area contributed by atoms with E-state index >= 15 is 0 Å². The quantitative estimate of drug-likeness (QED) is 0.590. The molecule has 1 nitrogen and oxygen atoms in total. The third-order valence-electron chi connectivity index (χ3n) is 3.40. The number of rotatable bonds is 3. The smallest absolute Gasteiger partial charge is 0.126 e. The van der Waals surface area contributed by atoms with E-state index in [9.17, 15) is 0 Å². The number of hydrogen-bond donors (Lipinski definition) is 0. The van der Waals surface area contributed by atoms with Crippen molar-refractivity contribution < 1.29 is 4.74 Å². The van der Waals surface area contributed by atoms with Gasteiger partial charge < -0.3 is 4.74 Å². The largest absolute Gasteiger partial charge is 0.496 e. The van der Waals surface area contributed by atoms with Gasteiger partial charge in [0.2, 0.25) is 0 Å². The van der Waals surface area contributed by atoms with Crippen molar-refractivity contribution >= 4 is 22.9 Å². The molecule has 0 atom stereocenters. The molecule has 0 heterocycles. The Balaban J connectivity index is 0.000000164. The number of methoxy groups -OCH3 is 1. The van der Waals surface area contributed by atoms with Gasteiger partial charge in [0.05, 0.1) is 7.11 Å². The number of hydrogen-bond acceptors (Lipinski definition) is 1. The maximum atomic E-state index is 5.06. The molecule has 0 radical (unpaired) electrons. The lowest BCUT2D eigenvalue weighted by molar-refractivity contribution is 0.414. The lowest BCUT2D eigenvalue weighted by atomic mass is 10.1. The van der Waals surface area contributed by atoms with Crippen molar-refractivity contribution in [1.82, 2.24) is 0 Å². The van der Waals surface area contributed by atoms with E-state index in [-0.39, 0.29) is 0 Å². The average molecular weight is 288 g/mol. The zero-order chi connectivity index (χ0) is 15.8. The van der Waals surface area contributed by atoms with Gasteiger partial charge >= 0.3 is 0 Å². The Morgan fingerprint density at radius 2 is 1.32 bits per heavy atom. The summed E-state index contributed by atoms with van der Waals surface area (Å²) in [6.07, 6.45) is 3.67. The second-order valence-corrected chi connectivity index (χ2v) is 4.72. The van der Waals surface area contributed by atoms with Gasteiger partial charge in [-0.15, -0.1) is 0 Å². The molecule has 0 saturated carbocycles. The van der Waals surface area contributed by atoms with Gasteiger partial charge in [-0.05, 0) is 22.4 Å². The van der Waals surface area contributed by atoms with Gasteiger partial charge in [0.15, 0.2) is 0 Å². The predicted molar refractivity (Wildman–Crippen MR) is 97.1 cm³/mol. The van der Waals surface area contributed by atoms with E-state index in [4.69, 9.17) is 4.74 Å². The maximum absolute atomic E-state index is 5.06. The molecule has 0 aliphatic heterocycles. The molecule has 0 fully saturated rings. The first-order valence-corrected chi connectivity index (χ1v) is 7.15. The molecule has 0 N–H and O–H groups in total. The van der Waals surface area contributed by atoms with Crippen molar-refractivity contribution in [2.45, 2.75) is 0 Å². The lowest BCUT2D eigenvalue weighted by Gasteiger charge is -2.01. The fraction of sp³-hybridized carbons (Fsp3) is 0.0476. The maximum Gasteiger partial charge on any atom is 0.126 e. The van der Waals surface area contributed by atoms with Gasteiger partial charge in [0.1, 0.15) is 5.75 Å². The molecule has 0 saturated heterocycles. The summed E-state index contributed by atoms with van der Waals surface area (Å²) in [6.45, 7) is 7.44. The topological polar surface area (TPSA) is 9.23 Å². The van der Waals surface area contributed by atoms with Crippen LogP contribution in [-0.4, -0.2) is 7.11 Å². The van der Waals surface area contributed by atoms with E-state index in [2.05, 4.69) is 55.6 Å². The van der Waals surface area contributed by atoms with Gasteiger partial charge in [-0.2, -0.15) is 0 Å². The Morgan fingerprint density at radius 1 is 0.727 bits per heavy atom. The van der Waals surface area contributed by atoms with Gasteiger partial charge in [0, 0.05) is 5.56 Å². The summed E-state index contributed by atoms with van der Waals surface area (Å²) in [4.78, 5) is 0. The third kappa shape index (κ3) is 3.64. The third-order valence-corrected chi connectivity index (χ3v) is 3.40. The van der Waals surface area contributed by atoms with Crippen molar-refractivity contribution in [3.05, 3.63) is 91.0 Å². The van der Waals surface area contributed by atoms with Crippen LogP contribution in [0.4, 0.5) is 0 Å². The summed E-state index contributed by atoms with van der Waals surface area (Å²) in [7, 11) is 1.66. The lowest BCUT2D eigenvalue weighted by Crippen LogP contribution is -1.84. The van der Waals surface area contributed by atoms with Crippen LogP contribution in [0.3, 0.4) is 0 Å². The highest BCUT2D eigenvalue weighted by molar-refractivity contribution is 5.90. The molecule has 110 valence electrons. The van der Waals surface area contributed by atoms with E-state index in [0.717, 1.165) is 11.3 Å². The summed E-state index contributed by atoms with van der Waals surface area (Å²) in [5.41, 5.74) is 2.23. The first-order valence-electron chi connectivity index (χ1n) is 7.15. The van der Waals surface area contributed by atoms with Gasteiger partial charge in [-0.1, -0.05) is 86.0 Å². The van der Waals surface area contributed by atoms with E-state index in [1.54, 1.807) is 13.2 Å². The zero-order valence-electron chi connectivity index (χ0n) is 12.8. The minimum atomic E-state index is 0.873. The molecule has 0 aromatic heterocycles. The van der Waals surface area contributed by atoms with Gasteiger partial charge in [-0.25, -0.2) is 0 Å². The Hall–Kier alpha value is -2.80.